The molecule has 70 valence electrons. The molecule has 1 aromatic rings. The molecule has 0 fully saturated rings. The van der Waals surface area contributed by atoms with Crippen LogP contribution < -0.4 is 4.90 Å². The summed E-state index contributed by atoms with van der Waals surface area (Å²) in [6.45, 7) is 0. The fraction of sp³-hybridized carbons (Fsp3) is 0.250. The Labute approximate surface area is 80.8 Å². The number of hydrogen-bond donors (Lipinski definition) is 1. The van der Waals surface area contributed by atoms with E-state index in [4.69, 9.17) is 16.7 Å². The number of aromatic nitrogens is 1. The van der Waals surface area contributed by atoms with E-state index >= 15 is 0 Å². The Balaban J connectivity index is 3.13. The van der Waals surface area contributed by atoms with Crippen molar-refractivity contribution in [1.29, 1.82) is 0 Å². The lowest BCUT2D eigenvalue weighted by atomic mass is 10.3. The first-order valence-electron chi connectivity index (χ1n) is 3.59. The molecule has 1 N–H and O–H groups in total. The van der Waals surface area contributed by atoms with E-state index in [0.29, 0.717) is 5.82 Å². The van der Waals surface area contributed by atoms with Gasteiger partial charge in [-0.3, -0.25) is 0 Å². The third-order valence-corrected chi connectivity index (χ3v) is 1.81. The van der Waals surface area contributed by atoms with Crippen molar-refractivity contribution in [3.8, 4) is 0 Å². The number of carboxylic acid groups (broad SMARTS) is 1. The molecular weight excluding hydrogens is 192 g/mol. The van der Waals surface area contributed by atoms with Crippen LogP contribution in [-0.2, 0) is 0 Å². The van der Waals surface area contributed by atoms with Crippen molar-refractivity contribution in [2.75, 3.05) is 19.0 Å². The maximum Gasteiger partial charge on any atom is 0.338 e. The summed E-state index contributed by atoms with van der Waals surface area (Å²) in [5, 5.41) is 8.67. The molecule has 5 heteroatoms. The highest BCUT2D eigenvalue weighted by Crippen LogP contribution is 2.17. The predicted octanol–water partition coefficient (Wildman–Crippen LogP) is 1.50. The Bertz CT molecular complexity index is 339. The first-order valence-corrected chi connectivity index (χ1v) is 3.97. The van der Waals surface area contributed by atoms with Gasteiger partial charge in [-0.25, -0.2) is 9.78 Å². The van der Waals surface area contributed by atoms with Crippen LogP contribution in [0.25, 0.3) is 0 Å². The molecule has 0 aliphatic carbocycles. The van der Waals surface area contributed by atoms with Gasteiger partial charge >= 0.3 is 5.97 Å². The second-order valence-electron chi connectivity index (χ2n) is 2.71. The normalized spacial score (nSPS) is 9.77. The summed E-state index contributed by atoms with van der Waals surface area (Å²) in [4.78, 5) is 16.2. The fourth-order valence-electron chi connectivity index (χ4n) is 0.833. The maximum absolute atomic E-state index is 10.6. The summed E-state index contributed by atoms with van der Waals surface area (Å²) < 4.78 is 0. The SMILES string of the molecule is CN(C)c1ccc(C(=O)O)c(Cl)n1. The van der Waals surface area contributed by atoms with Gasteiger partial charge in [-0.1, -0.05) is 11.6 Å². The second kappa shape index (κ2) is 3.62. The molecule has 1 rings (SSSR count). The van der Waals surface area contributed by atoms with E-state index in [-0.39, 0.29) is 10.7 Å². The van der Waals surface area contributed by atoms with E-state index in [1.807, 2.05) is 0 Å². The molecule has 0 aromatic carbocycles. The van der Waals surface area contributed by atoms with Gasteiger partial charge in [-0.15, -0.1) is 0 Å². The van der Waals surface area contributed by atoms with Gasteiger partial charge in [-0.2, -0.15) is 0 Å². The second-order valence-corrected chi connectivity index (χ2v) is 3.07. The van der Waals surface area contributed by atoms with Crippen molar-refractivity contribution in [3.63, 3.8) is 0 Å². The van der Waals surface area contributed by atoms with Gasteiger partial charge in [0.1, 0.15) is 11.0 Å². The first kappa shape index (κ1) is 9.80. The number of nitrogens with zero attached hydrogens (tertiary/aromatic N) is 2. The van der Waals surface area contributed by atoms with Crippen LogP contribution in [-0.4, -0.2) is 30.2 Å². The quantitative estimate of drug-likeness (QED) is 0.736. The molecule has 0 bridgehead atoms. The Morgan fingerprint density at radius 2 is 2.15 bits per heavy atom. The lowest BCUT2D eigenvalue weighted by Gasteiger charge is -2.11. The highest BCUT2D eigenvalue weighted by atomic mass is 35.5. The predicted molar refractivity (Wildman–Crippen MR) is 50.5 cm³/mol. The Morgan fingerprint density at radius 1 is 1.54 bits per heavy atom. The van der Waals surface area contributed by atoms with Crippen molar-refractivity contribution < 1.29 is 9.90 Å². The zero-order valence-corrected chi connectivity index (χ0v) is 8.04. The topological polar surface area (TPSA) is 53.4 Å². The minimum atomic E-state index is -1.07. The fourth-order valence-corrected chi connectivity index (χ4v) is 1.06. The number of aromatic carboxylic acids is 1. The lowest BCUT2D eigenvalue weighted by molar-refractivity contribution is 0.0696. The van der Waals surface area contributed by atoms with E-state index in [1.165, 1.54) is 6.07 Å². The summed E-state index contributed by atoms with van der Waals surface area (Å²) in [5.41, 5.74) is 0.0206. The van der Waals surface area contributed by atoms with Crippen LogP contribution >= 0.6 is 11.6 Å². The van der Waals surface area contributed by atoms with Crippen LogP contribution in [0, 0.1) is 0 Å². The summed E-state index contributed by atoms with van der Waals surface area (Å²) in [5.74, 6) is -0.433. The molecule has 0 radical (unpaired) electrons. The van der Waals surface area contributed by atoms with Crippen molar-refractivity contribution in [2.24, 2.45) is 0 Å². The monoisotopic (exact) mass is 200 g/mol. The van der Waals surface area contributed by atoms with Crippen molar-refractivity contribution in [3.05, 3.63) is 22.8 Å². The van der Waals surface area contributed by atoms with Crippen LogP contribution in [0.3, 0.4) is 0 Å². The number of carboxylic acids is 1. The number of hydrogen-bond acceptors (Lipinski definition) is 3. The number of rotatable bonds is 2. The molecule has 1 aromatic heterocycles. The highest BCUT2D eigenvalue weighted by molar-refractivity contribution is 6.32. The van der Waals surface area contributed by atoms with Gasteiger partial charge in [0, 0.05) is 14.1 Å². The van der Waals surface area contributed by atoms with Crippen molar-refractivity contribution in [2.45, 2.75) is 0 Å². The standard InChI is InChI=1S/C8H9ClN2O2/c1-11(2)6-4-3-5(8(12)13)7(9)10-6/h3-4H,1-2H3,(H,12,13). The van der Waals surface area contributed by atoms with E-state index in [0.717, 1.165) is 0 Å². The van der Waals surface area contributed by atoms with Gasteiger partial charge in [0.05, 0.1) is 5.56 Å². The summed E-state index contributed by atoms with van der Waals surface area (Å²) in [6.07, 6.45) is 0. The highest BCUT2D eigenvalue weighted by Gasteiger charge is 2.10. The molecule has 0 saturated carbocycles. The molecule has 0 unspecified atom stereocenters. The third-order valence-electron chi connectivity index (χ3n) is 1.52. The molecule has 4 nitrogen and oxygen atoms in total. The minimum Gasteiger partial charge on any atom is -0.478 e. The van der Waals surface area contributed by atoms with Crippen LogP contribution in [0.1, 0.15) is 10.4 Å². The number of pyridine rings is 1. The van der Waals surface area contributed by atoms with E-state index < -0.39 is 5.97 Å². The van der Waals surface area contributed by atoms with Crippen molar-refractivity contribution in [1.82, 2.24) is 4.98 Å². The van der Waals surface area contributed by atoms with Crippen LogP contribution in [0.2, 0.25) is 5.15 Å². The molecule has 13 heavy (non-hydrogen) atoms. The number of anilines is 1. The van der Waals surface area contributed by atoms with E-state index in [1.54, 1.807) is 25.1 Å². The average Bonchev–Trinajstić information content (AvgIpc) is 2.03. The van der Waals surface area contributed by atoms with Gasteiger partial charge < -0.3 is 10.0 Å². The molecule has 0 aliphatic heterocycles. The van der Waals surface area contributed by atoms with Crippen LogP contribution in [0.5, 0.6) is 0 Å². The summed E-state index contributed by atoms with van der Waals surface area (Å²) in [6, 6.07) is 3.04. The molecule has 1 heterocycles. The zero-order chi connectivity index (χ0) is 10.0. The Kier molecular flexibility index (Phi) is 2.72. The summed E-state index contributed by atoms with van der Waals surface area (Å²) >= 11 is 5.65. The average molecular weight is 201 g/mol. The Morgan fingerprint density at radius 3 is 2.54 bits per heavy atom. The largest absolute Gasteiger partial charge is 0.478 e. The Hall–Kier alpha value is -1.29. The van der Waals surface area contributed by atoms with Gasteiger partial charge in [-0.05, 0) is 12.1 Å². The molecule has 0 atom stereocenters. The van der Waals surface area contributed by atoms with Crippen LogP contribution in [0.15, 0.2) is 12.1 Å². The first-order chi connectivity index (χ1) is 6.02. The maximum atomic E-state index is 10.6. The smallest absolute Gasteiger partial charge is 0.338 e. The van der Waals surface area contributed by atoms with Gasteiger partial charge in [0.2, 0.25) is 0 Å². The third kappa shape index (κ3) is 2.09. The molecular formula is C8H9ClN2O2. The van der Waals surface area contributed by atoms with Crippen molar-refractivity contribution >= 4 is 23.4 Å². The van der Waals surface area contributed by atoms with Gasteiger partial charge in [0.25, 0.3) is 0 Å². The molecule has 0 amide bonds. The van der Waals surface area contributed by atoms with E-state index in [9.17, 15) is 4.79 Å². The zero-order valence-electron chi connectivity index (χ0n) is 7.28. The van der Waals surface area contributed by atoms with Gasteiger partial charge in [0.15, 0.2) is 0 Å². The lowest BCUT2D eigenvalue weighted by Crippen LogP contribution is -2.11. The number of halogens is 1. The molecule has 0 saturated heterocycles. The van der Waals surface area contributed by atoms with E-state index in [2.05, 4.69) is 4.98 Å². The van der Waals surface area contributed by atoms with Crippen LogP contribution in [0.4, 0.5) is 5.82 Å². The molecule has 0 spiro atoms. The minimum absolute atomic E-state index is 0.0127. The number of carbonyl (C=O) groups is 1. The molecule has 0 aliphatic rings. The summed E-state index contributed by atoms with van der Waals surface area (Å²) in [7, 11) is 3.61.